The number of carbonyl (C=O) groups excluding carboxylic acids is 1. The van der Waals surface area contributed by atoms with Crippen LogP contribution in [0.1, 0.15) is 12.0 Å². The molecule has 1 fully saturated rings. The molecular weight excluding hydrogens is 340 g/mol. The Morgan fingerprint density at radius 1 is 1.22 bits per heavy atom. The van der Waals surface area contributed by atoms with E-state index in [1.165, 1.54) is 10.6 Å². The van der Waals surface area contributed by atoms with E-state index in [2.05, 4.69) is 0 Å². The lowest BCUT2D eigenvalue weighted by Crippen LogP contribution is -2.38. The van der Waals surface area contributed by atoms with Gasteiger partial charge < -0.3 is 9.64 Å². The summed E-state index contributed by atoms with van der Waals surface area (Å²) in [5.74, 6) is -0.132. The molecule has 0 N–H and O–H groups in total. The van der Waals surface area contributed by atoms with Gasteiger partial charge in [-0.25, -0.2) is 12.7 Å². The number of nitrogens with zero attached hydrogens (tertiary/aromatic N) is 2. The summed E-state index contributed by atoms with van der Waals surface area (Å²) in [5.41, 5.74) is 0.834. The molecule has 0 atom stereocenters. The van der Waals surface area contributed by atoms with Crippen molar-refractivity contribution in [3.63, 3.8) is 0 Å². The highest BCUT2D eigenvalue weighted by molar-refractivity contribution is 7.88. The van der Waals surface area contributed by atoms with Crippen molar-refractivity contribution in [1.82, 2.24) is 9.21 Å². The van der Waals surface area contributed by atoms with Gasteiger partial charge in [-0.1, -0.05) is 29.8 Å². The Kier molecular flexibility index (Phi) is 6.41. The first kappa shape index (κ1) is 18.2. The smallest absolute Gasteiger partial charge is 0.248 e. The molecule has 1 aromatic rings. The van der Waals surface area contributed by atoms with Crippen LogP contribution in [0.5, 0.6) is 0 Å². The summed E-state index contributed by atoms with van der Waals surface area (Å²) < 4.78 is 30.0. The second-order valence-corrected chi connectivity index (χ2v) is 7.87. The van der Waals surface area contributed by atoms with Gasteiger partial charge in [-0.3, -0.25) is 4.79 Å². The Morgan fingerprint density at radius 2 is 1.96 bits per heavy atom. The van der Waals surface area contributed by atoms with Gasteiger partial charge >= 0.3 is 0 Å². The molecule has 1 amide bonds. The predicted octanol–water partition coefficient (Wildman–Crippen LogP) is 1.35. The van der Waals surface area contributed by atoms with E-state index in [0.29, 0.717) is 37.6 Å². The maximum absolute atomic E-state index is 12.2. The third kappa shape index (κ3) is 5.46. The molecule has 1 aliphatic heterocycles. The van der Waals surface area contributed by atoms with Gasteiger partial charge in [0.05, 0.1) is 12.9 Å². The number of hydrogen-bond donors (Lipinski definition) is 0. The Labute approximate surface area is 142 Å². The highest BCUT2D eigenvalue weighted by atomic mass is 35.5. The maximum Gasteiger partial charge on any atom is 0.248 e. The minimum atomic E-state index is -3.21. The monoisotopic (exact) mass is 360 g/mol. The van der Waals surface area contributed by atoms with Crippen LogP contribution in [-0.2, 0) is 26.2 Å². The molecule has 1 aliphatic rings. The molecule has 1 heterocycles. The van der Waals surface area contributed by atoms with Gasteiger partial charge in [0, 0.05) is 31.2 Å². The van der Waals surface area contributed by atoms with E-state index in [1.54, 1.807) is 11.0 Å². The third-order valence-corrected chi connectivity index (χ3v) is 5.39. The van der Waals surface area contributed by atoms with Crippen molar-refractivity contribution < 1.29 is 17.9 Å². The van der Waals surface area contributed by atoms with E-state index >= 15 is 0 Å². The Balaban J connectivity index is 1.81. The number of amides is 1. The van der Waals surface area contributed by atoms with Crippen molar-refractivity contribution in [1.29, 1.82) is 0 Å². The molecule has 0 aliphatic carbocycles. The van der Waals surface area contributed by atoms with E-state index in [0.717, 1.165) is 5.56 Å². The zero-order chi connectivity index (χ0) is 16.9. The zero-order valence-electron chi connectivity index (χ0n) is 13.1. The normalized spacial score (nSPS) is 17.0. The van der Waals surface area contributed by atoms with Crippen molar-refractivity contribution in [3.05, 3.63) is 34.9 Å². The SMILES string of the molecule is CS(=O)(=O)N1CCCN(C(=O)COCc2ccccc2Cl)CC1. The van der Waals surface area contributed by atoms with Crippen LogP contribution in [0, 0.1) is 0 Å². The lowest BCUT2D eigenvalue weighted by molar-refractivity contribution is -0.136. The molecule has 23 heavy (non-hydrogen) atoms. The van der Waals surface area contributed by atoms with Crippen molar-refractivity contribution in [2.45, 2.75) is 13.0 Å². The first-order valence-electron chi connectivity index (χ1n) is 7.42. The van der Waals surface area contributed by atoms with Crippen LogP contribution in [0.2, 0.25) is 5.02 Å². The van der Waals surface area contributed by atoms with Crippen LogP contribution < -0.4 is 0 Å². The van der Waals surface area contributed by atoms with Gasteiger partial charge in [0.1, 0.15) is 6.61 Å². The van der Waals surface area contributed by atoms with Crippen molar-refractivity contribution >= 4 is 27.5 Å². The number of hydrogen-bond acceptors (Lipinski definition) is 4. The van der Waals surface area contributed by atoms with E-state index in [1.807, 2.05) is 18.2 Å². The van der Waals surface area contributed by atoms with Crippen LogP contribution in [0.15, 0.2) is 24.3 Å². The largest absolute Gasteiger partial charge is 0.367 e. The number of benzene rings is 1. The Morgan fingerprint density at radius 3 is 2.65 bits per heavy atom. The molecule has 0 radical (unpaired) electrons. The molecule has 0 unspecified atom stereocenters. The number of rotatable bonds is 5. The maximum atomic E-state index is 12.2. The standard InChI is InChI=1S/C15H21ClN2O4S/c1-23(20,21)18-8-4-7-17(9-10-18)15(19)12-22-11-13-5-2-3-6-14(13)16/h2-3,5-6H,4,7-12H2,1H3. The highest BCUT2D eigenvalue weighted by Crippen LogP contribution is 2.15. The average molecular weight is 361 g/mol. The first-order chi connectivity index (χ1) is 10.9. The van der Waals surface area contributed by atoms with E-state index < -0.39 is 10.0 Å². The molecule has 8 heteroatoms. The Hall–Kier alpha value is -1.15. The second kappa shape index (κ2) is 8.10. The van der Waals surface area contributed by atoms with Gasteiger partial charge in [0.15, 0.2) is 0 Å². The Bertz CT molecular complexity index is 651. The summed E-state index contributed by atoms with van der Waals surface area (Å²) in [6.07, 6.45) is 1.82. The lowest BCUT2D eigenvalue weighted by atomic mass is 10.2. The summed E-state index contributed by atoms with van der Waals surface area (Å²) in [6, 6.07) is 7.32. The third-order valence-electron chi connectivity index (χ3n) is 3.72. The summed E-state index contributed by atoms with van der Waals surface area (Å²) >= 11 is 6.03. The molecule has 6 nitrogen and oxygen atoms in total. The fourth-order valence-corrected chi connectivity index (χ4v) is 3.49. The number of halogens is 1. The van der Waals surface area contributed by atoms with Gasteiger partial charge in [0.2, 0.25) is 15.9 Å². The molecular formula is C15H21ClN2O4S. The van der Waals surface area contributed by atoms with E-state index in [-0.39, 0.29) is 19.1 Å². The average Bonchev–Trinajstić information content (AvgIpc) is 2.75. The minimum absolute atomic E-state index is 0.0376. The second-order valence-electron chi connectivity index (χ2n) is 5.48. The molecule has 0 bridgehead atoms. The van der Waals surface area contributed by atoms with Crippen LogP contribution >= 0.6 is 11.6 Å². The molecule has 1 aromatic carbocycles. The minimum Gasteiger partial charge on any atom is -0.367 e. The first-order valence-corrected chi connectivity index (χ1v) is 9.64. The fourth-order valence-electron chi connectivity index (χ4n) is 2.43. The number of carbonyl (C=O) groups is 1. The predicted molar refractivity (Wildman–Crippen MR) is 88.7 cm³/mol. The van der Waals surface area contributed by atoms with Gasteiger partial charge in [-0.05, 0) is 18.1 Å². The quantitative estimate of drug-likeness (QED) is 0.795. The van der Waals surface area contributed by atoms with E-state index in [9.17, 15) is 13.2 Å². The molecule has 0 saturated carbocycles. The van der Waals surface area contributed by atoms with E-state index in [4.69, 9.17) is 16.3 Å². The summed E-state index contributed by atoms with van der Waals surface area (Å²) in [4.78, 5) is 13.8. The zero-order valence-corrected chi connectivity index (χ0v) is 14.6. The molecule has 0 spiro atoms. The van der Waals surface area contributed by atoms with Gasteiger partial charge in [-0.15, -0.1) is 0 Å². The fraction of sp³-hybridized carbons (Fsp3) is 0.533. The number of ether oxygens (including phenoxy) is 1. The molecule has 2 rings (SSSR count). The van der Waals surface area contributed by atoms with Crippen molar-refractivity contribution in [2.24, 2.45) is 0 Å². The van der Waals surface area contributed by atoms with Crippen LogP contribution in [0.25, 0.3) is 0 Å². The van der Waals surface area contributed by atoms with Crippen molar-refractivity contribution in [2.75, 3.05) is 39.0 Å². The summed E-state index contributed by atoms with van der Waals surface area (Å²) in [7, 11) is -3.21. The number of sulfonamides is 1. The van der Waals surface area contributed by atoms with Gasteiger partial charge in [0.25, 0.3) is 0 Å². The molecule has 0 aromatic heterocycles. The summed E-state index contributed by atoms with van der Waals surface area (Å²) in [5, 5.41) is 0.610. The molecule has 1 saturated heterocycles. The lowest BCUT2D eigenvalue weighted by Gasteiger charge is -2.21. The highest BCUT2D eigenvalue weighted by Gasteiger charge is 2.23. The topological polar surface area (TPSA) is 66.9 Å². The molecule has 128 valence electrons. The van der Waals surface area contributed by atoms with Crippen LogP contribution in [0.3, 0.4) is 0 Å². The van der Waals surface area contributed by atoms with Crippen molar-refractivity contribution in [3.8, 4) is 0 Å². The summed E-state index contributed by atoms with van der Waals surface area (Å²) in [6.45, 7) is 1.94. The van der Waals surface area contributed by atoms with Crippen LogP contribution in [-0.4, -0.2) is 62.6 Å². The van der Waals surface area contributed by atoms with Gasteiger partial charge in [-0.2, -0.15) is 0 Å². The van der Waals surface area contributed by atoms with Crippen LogP contribution in [0.4, 0.5) is 0 Å².